The van der Waals surface area contributed by atoms with Crippen LogP contribution in [0.5, 0.6) is 0 Å². The maximum Gasteiger partial charge on any atom is 0.0641 e. The number of aromatic nitrogens is 3. The topological polar surface area (TPSA) is 14.8 Å². The first-order valence-corrected chi connectivity index (χ1v) is 19.6. The molecule has 0 fully saturated rings. The van der Waals surface area contributed by atoms with Gasteiger partial charge in [-0.3, -0.25) is 0 Å². The normalized spacial score (nSPS) is 11.9. The molecule has 3 aromatic heterocycles. The summed E-state index contributed by atoms with van der Waals surface area (Å²) < 4.78 is 7.35. The van der Waals surface area contributed by atoms with Crippen LogP contribution in [0.25, 0.3) is 105 Å². The van der Waals surface area contributed by atoms with E-state index in [-0.39, 0.29) is 0 Å². The number of nitrogens with zero attached hydrogens (tertiary/aromatic N) is 3. The molecule has 12 rings (SSSR count). The molecule has 0 bridgehead atoms. The predicted octanol–water partition coefficient (Wildman–Crippen LogP) is 14.3. The highest BCUT2D eigenvalue weighted by Crippen LogP contribution is 2.44. The lowest BCUT2D eigenvalue weighted by Gasteiger charge is -2.15. The first-order valence-electron chi connectivity index (χ1n) is 19.6. The van der Waals surface area contributed by atoms with Crippen molar-refractivity contribution in [3.05, 3.63) is 212 Å². The molecule has 0 aliphatic heterocycles. The van der Waals surface area contributed by atoms with Crippen LogP contribution in [0, 0.1) is 0 Å². The summed E-state index contributed by atoms with van der Waals surface area (Å²) >= 11 is 0. The maximum atomic E-state index is 2.49. The Hall–Kier alpha value is -7.62. The van der Waals surface area contributed by atoms with Crippen LogP contribution in [0.1, 0.15) is 0 Å². The van der Waals surface area contributed by atoms with Crippen molar-refractivity contribution in [2.24, 2.45) is 0 Å². The lowest BCUT2D eigenvalue weighted by atomic mass is 10.0. The van der Waals surface area contributed by atoms with Crippen LogP contribution >= 0.6 is 0 Å². The zero-order valence-corrected chi connectivity index (χ0v) is 31.0. The van der Waals surface area contributed by atoms with E-state index >= 15 is 0 Å². The SMILES string of the molecule is c1ccc(-c2cccc(-n3c4ccccc4c4ccc5c(c6ccccc6n5-c5ccccc5-c5ccc6c(c5)c5ccccc5n6-c5ccccc5)c43)c2)cc1. The van der Waals surface area contributed by atoms with E-state index in [0.717, 1.165) is 17.1 Å². The highest BCUT2D eigenvalue weighted by atomic mass is 15.0. The Morgan fingerprint density at radius 3 is 1.61 bits per heavy atom. The van der Waals surface area contributed by atoms with Crippen LogP contribution in [0.2, 0.25) is 0 Å². The van der Waals surface area contributed by atoms with Gasteiger partial charge in [-0.15, -0.1) is 0 Å². The van der Waals surface area contributed by atoms with Crippen LogP contribution in [0.4, 0.5) is 0 Å². The number of hydrogen-bond donors (Lipinski definition) is 0. The predicted molar refractivity (Wildman–Crippen MR) is 240 cm³/mol. The van der Waals surface area contributed by atoms with E-state index in [1.807, 2.05) is 0 Å². The molecule has 9 aromatic carbocycles. The summed E-state index contributed by atoms with van der Waals surface area (Å²) in [6.45, 7) is 0. The zero-order valence-electron chi connectivity index (χ0n) is 31.0. The van der Waals surface area contributed by atoms with Crippen molar-refractivity contribution in [3.8, 4) is 39.3 Å². The van der Waals surface area contributed by atoms with Crippen molar-refractivity contribution in [3.63, 3.8) is 0 Å². The zero-order chi connectivity index (χ0) is 37.5. The molecule has 0 saturated carbocycles. The highest BCUT2D eigenvalue weighted by molar-refractivity contribution is 6.26. The van der Waals surface area contributed by atoms with Crippen molar-refractivity contribution < 1.29 is 0 Å². The molecule has 0 aliphatic carbocycles. The number of fused-ring (bicyclic) bond motifs is 10. The molecular weight excluding hydrogens is 691 g/mol. The van der Waals surface area contributed by atoms with Crippen LogP contribution in [-0.2, 0) is 0 Å². The lowest BCUT2D eigenvalue weighted by Crippen LogP contribution is -1.98. The molecule has 0 spiro atoms. The van der Waals surface area contributed by atoms with E-state index in [4.69, 9.17) is 0 Å². The fraction of sp³-hybridized carbons (Fsp3) is 0. The Kier molecular flexibility index (Phi) is 6.93. The van der Waals surface area contributed by atoms with Gasteiger partial charge in [-0.25, -0.2) is 0 Å². The quantitative estimate of drug-likeness (QED) is 0.168. The van der Waals surface area contributed by atoms with Crippen molar-refractivity contribution in [1.29, 1.82) is 0 Å². The van der Waals surface area contributed by atoms with Gasteiger partial charge in [0.1, 0.15) is 0 Å². The number of hydrogen-bond acceptors (Lipinski definition) is 0. The Bertz CT molecular complexity index is 3510. The molecule has 0 unspecified atom stereocenters. The average Bonchev–Trinajstić information content (AvgIpc) is 3.92. The van der Waals surface area contributed by atoms with Gasteiger partial charge in [0.15, 0.2) is 0 Å². The molecule has 0 aliphatic rings. The largest absolute Gasteiger partial charge is 0.309 e. The molecule has 266 valence electrons. The summed E-state index contributed by atoms with van der Waals surface area (Å²) in [5, 5.41) is 7.48. The fourth-order valence-corrected chi connectivity index (χ4v) is 9.40. The minimum atomic E-state index is 1.15. The maximum absolute atomic E-state index is 2.49. The van der Waals surface area contributed by atoms with Gasteiger partial charge in [0, 0.05) is 49.3 Å². The van der Waals surface area contributed by atoms with Crippen molar-refractivity contribution in [2.75, 3.05) is 0 Å². The van der Waals surface area contributed by atoms with Crippen LogP contribution in [0.15, 0.2) is 212 Å². The highest BCUT2D eigenvalue weighted by Gasteiger charge is 2.22. The summed E-state index contributed by atoms with van der Waals surface area (Å²) in [5.74, 6) is 0. The third-order valence-electron chi connectivity index (χ3n) is 11.8. The summed E-state index contributed by atoms with van der Waals surface area (Å²) in [7, 11) is 0. The molecule has 0 radical (unpaired) electrons. The first kappa shape index (κ1) is 31.7. The smallest absolute Gasteiger partial charge is 0.0641 e. The van der Waals surface area contributed by atoms with E-state index in [1.165, 1.54) is 87.7 Å². The number of para-hydroxylation sites is 5. The second-order valence-corrected chi connectivity index (χ2v) is 14.9. The van der Waals surface area contributed by atoms with Gasteiger partial charge in [0.05, 0.1) is 38.8 Å². The molecular formula is C54H35N3. The van der Waals surface area contributed by atoms with Gasteiger partial charge in [-0.2, -0.15) is 0 Å². The standard InChI is InChI=1S/C54H35N3/c1-3-16-36(17-4-1)37-18-15-21-40(34-37)56-49-28-13-8-23-42(49)44-31-33-52-53(54(44)56)45-25-10-14-29-50(45)57(52)47-26-11-7-22-41(47)38-30-32-51-46(35-38)43-24-9-12-27-48(43)55(51)39-19-5-2-6-20-39/h1-35H. The summed E-state index contributed by atoms with van der Waals surface area (Å²) in [6.07, 6.45) is 0. The monoisotopic (exact) mass is 725 g/mol. The van der Waals surface area contributed by atoms with Gasteiger partial charge in [0.25, 0.3) is 0 Å². The Morgan fingerprint density at radius 1 is 0.263 bits per heavy atom. The molecule has 3 heteroatoms. The molecule has 0 saturated heterocycles. The van der Waals surface area contributed by atoms with Gasteiger partial charge in [-0.05, 0) is 83.4 Å². The van der Waals surface area contributed by atoms with E-state index in [0.29, 0.717) is 0 Å². The van der Waals surface area contributed by atoms with E-state index < -0.39 is 0 Å². The van der Waals surface area contributed by atoms with Gasteiger partial charge in [-0.1, -0.05) is 146 Å². The van der Waals surface area contributed by atoms with Crippen molar-refractivity contribution >= 4 is 65.4 Å². The van der Waals surface area contributed by atoms with Gasteiger partial charge in [0.2, 0.25) is 0 Å². The number of rotatable bonds is 5. The van der Waals surface area contributed by atoms with Crippen LogP contribution < -0.4 is 0 Å². The third-order valence-corrected chi connectivity index (χ3v) is 11.8. The molecule has 0 amide bonds. The molecule has 0 atom stereocenters. The van der Waals surface area contributed by atoms with E-state index in [1.54, 1.807) is 0 Å². The summed E-state index contributed by atoms with van der Waals surface area (Å²) in [4.78, 5) is 0. The van der Waals surface area contributed by atoms with Crippen molar-refractivity contribution in [2.45, 2.75) is 0 Å². The summed E-state index contributed by atoms with van der Waals surface area (Å²) in [6, 6.07) is 77.4. The Labute approximate surface area is 329 Å². The molecule has 12 aromatic rings. The Morgan fingerprint density at radius 2 is 0.825 bits per heavy atom. The second-order valence-electron chi connectivity index (χ2n) is 14.9. The minimum absolute atomic E-state index is 1.15. The van der Waals surface area contributed by atoms with Crippen LogP contribution in [-0.4, -0.2) is 13.7 Å². The van der Waals surface area contributed by atoms with Crippen LogP contribution in [0.3, 0.4) is 0 Å². The molecule has 0 N–H and O–H groups in total. The number of benzene rings is 9. The first-order chi connectivity index (χ1) is 28.3. The van der Waals surface area contributed by atoms with E-state index in [2.05, 4.69) is 226 Å². The van der Waals surface area contributed by atoms with Crippen molar-refractivity contribution in [1.82, 2.24) is 13.7 Å². The molecule has 57 heavy (non-hydrogen) atoms. The lowest BCUT2D eigenvalue weighted by molar-refractivity contribution is 1.17. The minimum Gasteiger partial charge on any atom is -0.309 e. The molecule has 3 nitrogen and oxygen atoms in total. The van der Waals surface area contributed by atoms with E-state index in [9.17, 15) is 0 Å². The fourth-order valence-electron chi connectivity index (χ4n) is 9.40. The Balaban J connectivity index is 1.13. The van der Waals surface area contributed by atoms with Gasteiger partial charge < -0.3 is 13.7 Å². The summed E-state index contributed by atoms with van der Waals surface area (Å²) in [5.41, 5.74) is 15.5. The average molecular weight is 726 g/mol. The second kappa shape index (κ2) is 12.5. The molecule has 3 heterocycles. The third kappa shape index (κ3) is 4.73. The van der Waals surface area contributed by atoms with Gasteiger partial charge >= 0.3 is 0 Å².